The van der Waals surface area contributed by atoms with Crippen molar-refractivity contribution in [3.8, 4) is 5.75 Å². The van der Waals surface area contributed by atoms with Gasteiger partial charge in [0, 0.05) is 37.3 Å². The van der Waals surface area contributed by atoms with E-state index in [0.717, 1.165) is 0 Å². The molecule has 26 heavy (non-hydrogen) atoms. The lowest BCUT2D eigenvalue weighted by molar-refractivity contribution is 0.219. The second-order valence-corrected chi connectivity index (χ2v) is 5.86. The van der Waals surface area contributed by atoms with Gasteiger partial charge in [-0.3, -0.25) is 4.68 Å². The maximum atomic E-state index is 12.3. The van der Waals surface area contributed by atoms with Gasteiger partial charge in [-0.25, -0.2) is 4.79 Å². The molecular weight excluding hydrogens is 334 g/mol. The van der Waals surface area contributed by atoms with Gasteiger partial charge in [0.05, 0.1) is 13.1 Å². The molecule has 0 aliphatic carbocycles. The monoisotopic (exact) mass is 355 g/mol. The SMILES string of the molecule is Cc1cc(CN(C)C(=O)Nc2cccc(OCCn3cccn3)c2)no1. The number of carbonyl (C=O) groups is 1. The van der Waals surface area contributed by atoms with E-state index in [1.165, 1.54) is 4.90 Å². The van der Waals surface area contributed by atoms with Crippen molar-refractivity contribution in [2.24, 2.45) is 0 Å². The largest absolute Gasteiger partial charge is 0.492 e. The Hall–Kier alpha value is -3.29. The Kier molecular flexibility index (Phi) is 5.52. The zero-order valence-corrected chi connectivity index (χ0v) is 14.8. The van der Waals surface area contributed by atoms with E-state index < -0.39 is 0 Å². The van der Waals surface area contributed by atoms with Gasteiger partial charge >= 0.3 is 6.03 Å². The molecule has 1 N–H and O–H groups in total. The number of nitrogens with one attached hydrogen (secondary N) is 1. The van der Waals surface area contributed by atoms with Crippen LogP contribution in [0.1, 0.15) is 11.5 Å². The fraction of sp³-hybridized carbons (Fsp3) is 0.278. The van der Waals surface area contributed by atoms with E-state index in [1.807, 2.05) is 37.4 Å². The molecule has 3 rings (SSSR count). The summed E-state index contributed by atoms with van der Waals surface area (Å²) in [4.78, 5) is 13.8. The molecule has 0 saturated carbocycles. The molecule has 0 spiro atoms. The molecule has 0 saturated heterocycles. The Bertz CT molecular complexity index is 844. The summed E-state index contributed by atoms with van der Waals surface area (Å²) in [6.07, 6.45) is 3.61. The highest BCUT2D eigenvalue weighted by Gasteiger charge is 2.12. The van der Waals surface area contributed by atoms with Gasteiger partial charge in [0.2, 0.25) is 0 Å². The number of ether oxygens (including phenoxy) is 1. The predicted octanol–water partition coefficient (Wildman–Crippen LogP) is 2.92. The molecule has 136 valence electrons. The fourth-order valence-electron chi connectivity index (χ4n) is 2.38. The highest BCUT2D eigenvalue weighted by atomic mass is 16.5. The molecule has 0 aliphatic heterocycles. The lowest BCUT2D eigenvalue weighted by atomic mass is 10.3. The summed E-state index contributed by atoms with van der Waals surface area (Å²) < 4.78 is 12.5. The molecule has 0 fully saturated rings. The second kappa shape index (κ2) is 8.19. The van der Waals surface area contributed by atoms with Gasteiger partial charge in [0.25, 0.3) is 0 Å². The number of benzene rings is 1. The summed E-state index contributed by atoms with van der Waals surface area (Å²) in [6.45, 7) is 3.33. The van der Waals surface area contributed by atoms with E-state index in [-0.39, 0.29) is 6.03 Å². The molecule has 8 heteroatoms. The third-order valence-electron chi connectivity index (χ3n) is 3.66. The standard InChI is InChI=1S/C18H21N5O3/c1-14-11-16(21-26-14)13-22(2)18(24)20-15-5-3-6-17(12-15)25-10-9-23-8-4-7-19-23/h3-8,11-12H,9-10,13H2,1-2H3,(H,20,24). The molecule has 1 aromatic carbocycles. The Balaban J connectivity index is 1.51. The summed E-state index contributed by atoms with van der Waals surface area (Å²) >= 11 is 0. The van der Waals surface area contributed by atoms with E-state index in [1.54, 1.807) is 30.1 Å². The van der Waals surface area contributed by atoms with Crippen molar-refractivity contribution in [3.05, 3.63) is 60.2 Å². The minimum atomic E-state index is -0.237. The van der Waals surface area contributed by atoms with Crippen molar-refractivity contribution in [2.45, 2.75) is 20.0 Å². The first-order valence-electron chi connectivity index (χ1n) is 8.25. The average molecular weight is 355 g/mol. The van der Waals surface area contributed by atoms with Crippen LogP contribution in [0.15, 0.2) is 53.3 Å². The number of aryl methyl sites for hydroxylation is 1. The first-order valence-corrected chi connectivity index (χ1v) is 8.25. The molecule has 0 radical (unpaired) electrons. The summed E-state index contributed by atoms with van der Waals surface area (Å²) in [5.74, 6) is 1.40. The number of urea groups is 1. The van der Waals surface area contributed by atoms with Gasteiger partial charge in [-0.1, -0.05) is 11.2 Å². The predicted molar refractivity (Wildman–Crippen MR) is 95.9 cm³/mol. The number of hydrogen-bond acceptors (Lipinski definition) is 5. The number of anilines is 1. The van der Waals surface area contributed by atoms with Crippen LogP contribution in [-0.2, 0) is 13.1 Å². The number of carbonyl (C=O) groups excluding carboxylic acids is 1. The molecule has 3 aromatic rings. The van der Waals surface area contributed by atoms with Gasteiger partial charge in [-0.05, 0) is 25.1 Å². The minimum absolute atomic E-state index is 0.237. The Morgan fingerprint density at radius 2 is 2.23 bits per heavy atom. The number of aromatic nitrogens is 3. The molecule has 2 aromatic heterocycles. The topological polar surface area (TPSA) is 85.4 Å². The number of amides is 2. The first-order chi connectivity index (χ1) is 12.6. The van der Waals surface area contributed by atoms with Crippen LogP contribution < -0.4 is 10.1 Å². The van der Waals surface area contributed by atoms with E-state index in [9.17, 15) is 4.79 Å². The zero-order chi connectivity index (χ0) is 18.4. The molecule has 0 unspecified atom stereocenters. The minimum Gasteiger partial charge on any atom is -0.492 e. The van der Waals surface area contributed by atoms with Crippen LogP contribution in [0, 0.1) is 6.92 Å². The summed E-state index contributed by atoms with van der Waals surface area (Å²) in [7, 11) is 1.70. The normalized spacial score (nSPS) is 10.5. The highest BCUT2D eigenvalue weighted by molar-refractivity contribution is 5.89. The summed E-state index contributed by atoms with van der Waals surface area (Å²) in [5.41, 5.74) is 1.37. The van der Waals surface area contributed by atoms with Crippen molar-refractivity contribution < 1.29 is 14.1 Å². The maximum Gasteiger partial charge on any atom is 0.321 e. The molecule has 0 aliphatic rings. The average Bonchev–Trinajstić information content (AvgIpc) is 3.27. The van der Waals surface area contributed by atoms with Crippen molar-refractivity contribution >= 4 is 11.7 Å². The molecule has 0 bridgehead atoms. The van der Waals surface area contributed by atoms with Crippen molar-refractivity contribution in [1.29, 1.82) is 0 Å². The maximum absolute atomic E-state index is 12.3. The highest BCUT2D eigenvalue weighted by Crippen LogP contribution is 2.18. The molecule has 2 heterocycles. The quantitative estimate of drug-likeness (QED) is 0.704. The van der Waals surface area contributed by atoms with Crippen LogP contribution in [-0.4, -0.2) is 39.5 Å². The summed E-state index contributed by atoms with van der Waals surface area (Å²) in [6, 6.07) is 10.7. The number of hydrogen-bond donors (Lipinski definition) is 1. The summed E-state index contributed by atoms with van der Waals surface area (Å²) in [5, 5.41) is 10.9. The van der Waals surface area contributed by atoms with Gasteiger partial charge in [-0.2, -0.15) is 5.10 Å². The molecule has 2 amide bonds. The number of nitrogens with zero attached hydrogens (tertiary/aromatic N) is 4. The third kappa shape index (κ3) is 4.85. The van der Waals surface area contributed by atoms with Crippen LogP contribution in [0.3, 0.4) is 0 Å². The second-order valence-electron chi connectivity index (χ2n) is 5.86. The fourth-order valence-corrected chi connectivity index (χ4v) is 2.38. The Morgan fingerprint density at radius 3 is 2.96 bits per heavy atom. The van der Waals surface area contributed by atoms with Crippen LogP contribution in [0.2, 0.25) is 0 Å². The van der Waals surface area contributed by atoms with Crippen molar-refractivity contribution in [3.63, 3.8) is 0 Å². The zero-order valence-electron chi connectivity index (χ0n) is 14.8. The van der Waals surface area contributed by atoms with Crippen LogP contribution in [0.5, 0.6) is 5.75 Å². The van der Waals surface area contributed by atoms with Gasteiger partial charge < -0.3 is 19.5 Å². The van der Waals surface area contributed by atoms with Gasteiger partial charge in [0.15, 0.2) is 0 Å². The van der Waals surface area contributed by atoms with Gasteiger partial charge in [0.1, 0.15) is 23.8 Å². The smallest absolute Gasteiger partial charge is 0.321 e. The van der Waals surface area contributed by atoms with E-state index in [2.05, 4.69) is 15.6 Å². The lowest BCUT2D eigenvalue weighted by Crippen LogP contribution is -2.30. The number of rotatable bonds is 7. The molecule has 0 atom stereocenters. The van der Waals surface area contributed by atoms with Crippen LogP contribution in [0.4, 0.5) is 10.5 Å². The third-order valence-corrected chi connectivity index (χ3v) is 3.66. The molecule has 8 nitrogen and oxygen atoms in total. The van der Waals surface area contributed by atoms with Gasteiger partial charge in [-0.15, -0.1) is 0 Å². The van der Waals surface area contributed by atoms with E-state index >= 15 is 0 Å². The lowest BCUT2D eigenvalue weighted by Gasteiger charge is -2.17. The first kappa shape index (κ1) is 17.5. The Labute approximate surface area is 151 Å². The van der Waals surface area contributed by atoms with Crippen LogP contribution >= 0.6 is 0 Å². The van der Waals surface area contributed by atoms with E-state index in [4.69, 9.17) is 9.26 Å². The van der Waals surface area contributed by atoms with Crippen LogP contribution in [0.25, 0.3) is 0 Å². The van der Waals surface area contributed by atoms with E-state index in [0.29, 0.717) is 42.6 Å². The Morgan fingerprint density at radius 1 is 1.35 bits per heavy atom. The van der Waals surface area contributed by atoms with Crippen molar-refractivity contribution in [2.75, 3.05) is 19.0 Å². The molecular formula is C18H21N5O3. The van der Waals surface area contributed by atoms with Crippen molar-refractivity contribution in [1.82, 2.24) is 19.8 Å².